The van der Waals surface area contributed by atoms with Crippen molar-refractivity contribution in [1.82, 2.24) is 0 Å². The lowest BCUT2D eigenvalue weighted by atomic mass is 10.0. The van der Waals surface area contributed by atoms with Gasteiger partial charge < -0.3 is 9.84 Å². The van der Waals surface area contributed by atoms with Gasteiger partial charge in [-0.25, -0.2) is 0 Å². The van der Waals surface area contributed by atoms with Crippen LogP contribution in [0, 0.1) is 0 Å². The van der Waals surface area contributed by atoms with Crippen molar-refractivity contribution in [1.29, 1.82) is 0 Å². The summed E-state index contributed by atoms with van der Waals surface area (Å²) in [6.45, 7) is 0.529. The zero-order valence-electron chi connectivity index (χ0n) is 10.1. The van der Waals surface area contributed by atoms with Crippen molar-refractivity contribution in [2.45, 2.75) is 19.1 Å². The van der Waals surface area contributed by atoms with Gasteiger partial charge in [-0.15, -0.1) is 11.3 Å². The van der Waals surface area contributed by atoms with Crippen molar-refractivity contribution in [3.05, 3.63) is 56.2 Å². The second kappa shape index (κ2) is 6.48. The normalized spacial score (nSPS) is 12.6. The molecule has 1 heterocycles. The van der Waals surface area contributed by atoms with Crippen LogP contribution >= 0.6 is 27.3 Å². The first-order valence-electron chi connectivity index (χ1n) is 5.68. The summed E-state index contributed by atoms with van der Waals surface area (Å²) in [4.78, 5) is 1.17. The molecule has 1 aromatic heterocycles. The molecule has 0 aliphatic carbocycles. The smallest absolute Gasteiger partial charge is 0.0841 e. The first kappa shape index (κ1) is 13.7. The van der Waals surface area contributed by atoms with Crippen molar-refractivity contribution in [3.63, 3.8) is 0 Å². The summed E-state index contributed by atoms with van der Waals surface area (Å²) in [7, 11) is 1.67. The zero-order valence-corrected chi connectivity index (χ0v) is 12.5. The number of aliphatic hydroxyl groups is 1. The number of hydrogen-bond donors (Lipinski definition) is 1. The summed E-state index contributed by atoms with van der Waals surface area (Å²) in [6.07, 6.45) is 0.152. The fraction of sp³-hybridized carbons (Fsp3) is 0.286. The van der Waals surface area contributed by atoms with Crippen LogP contribution in [0.4, 0.5) is 0 Å². The number of ether oxygens (including phenoxy) is 1. The number of benzene rings is 1. The molecule has 2 rings (SSSR count). The van der Waals surface area contributed by atoms with Gasteiger partial charge in [-0.05, 0) is 33.1 Å². The lowest BCUT2D eigenvalue weighted by molar-refractivity contribution is 0.162. The van der Waals surface area contributed by atoms with E-state index >= 15 is 0 Å². The summed E-state index contributed by atoms with van der Waals surface area (Å²) in [5.41, 5.74) is 1.99. The molecule has 18 heavy (non-hydrogen) atoms. The molecular weight excluding hydrogens is 312 g/mol. The number of hydrogen-bond acceptors (Lipinski definition) is 3. The van der Waals surface area contributed by atoms with Crippen molar-refractivity contribution in [2.24, 2.45) is 0 Å². The van der Waals surface area contributed by atoms with E-state index in [1.165, 1.54) is 4.88 Å². The minimum atomic E-state index is -0.484. The highest BCUT2D eigenvalue weighted by Gasteiger charge is 2.13. The van der Waals surface area contributed by atoms with Crippen molar-refractivity contribution in [2.75, 3.05) is 7.11 Å². The van der Waals surface area contributed by atoms with Crippen molar-refractivity contribution in [3.8, 4) is 0 Å². The van der Waals surface area contributed by atoms with Gasteiger partial charge >= 0.3 is 0 Å². The van der Waals surface area contributed by atoms with Crippen LogP contribution in [0.15, 0.2) is 40.2 Å². The molecule has 0 saturated heterocycles. The Labute approximate surface area is 119 Å². The highest BCUT2D eigenvalue weighted by molar-refractivity contribution is 9.10. The first-order chi connectivity index (χ1) is 8.70. The molecule has 0 radical (unpaired) electrons. The molecule has 0 fully saturated rings. The van der Waals surface area contributed by atoms with Gasteiger partial charge in [0.2, 0.25) is 0 Å². The van der Waals surface area contributed by atoms with Gasteiger partial charge in [0.25, 0.3) is 0 Å². The molecular formula is C14H15BrO2S. The number of thiophene rings is 1. The van der Waals surface area contributed by atoms with Gasteiger partial charge in [0.1, 0.15) is 0 Å². The quantitative estimate of drug-likeness (QED) is 0.901. The van der Waals surface area contributed by atoms with E-state index in [1.807, 2.05) is 35.7 Å². The number of rotatable bonds is 5. The molecule has 0 bridgehead atoms. The Hall–Kier alpha value is -0.680. The van der Waals surface area contributed by atoms with Crippen LogP contribution in [0.3, 0.4) is 0 Å². The minimum Gasteiger partial charge on any atom is -0.388 e. The summed E-state index contributed by atoms with van der Waals surface area (Å²) in [6, 6.07) is 9.91. The van der Waals surface area contributed by atoms with Crippen LogP contribution < -0.4 is 0 Å². The molecule has 2 nitrogen and oxygen atoms in total. The third-order valence-electron chi connectivity index (χ3n) is 2.73. The fourth-order valence-electron chi connectivity index (χ4n) is 1.91. The topological polar surface area (TPSA) is 29.5 Å². The van der Waals surface area contributed by atoms with E-state index in [-0.39, 0.29) is 0 Å². The minimum absolute atomic E-state index is 0.484. The standard InChI is InChI=1S/C14H15BrO2S/c1-17-8-10-4-2-3-5-13(10)14(16)7-12-6-11(15)9-18-12/h2-6,9,14,16H,7-8H2,1H3. The molecule has 1 N–H and O–H groups in total. The molecule has 0 spiro atoms. The second-order valence-electron chi connectivity index (χ2n) is 4.08. The molecule has 4 heteroatoms. The largest absolute Gasteiger partial charge is 0.388 e. The van der Waals surface area contributed by atoms with Crippen molar-refractivity contribution < 1.29 is 9.84 Å². The van der Waals surface area contributed by atoms with E-state index in [9.17, 15) is 5.11 Å². The summed E-state index contributed by atoms with van der Waals surface area (Å²) in [5, 5.41) is 12.4. The molecule has 0 aliphatic rings. The average Bonchev–Trinajstić information content (AvgIpc) is 2.76. The monoisotopic (exact) mass is 326 g/mol. The number of aliphatic hydroxyl groups excluding tert-OH is 1. The summed E-state index contributed by atoms with van der Waals surface area (Å²) < 4.78 is 6.23. The highest BCUT2D eigenvalue weighted by atomic mass is 79.9. The summed E-state index contributed by atoms with van der Waals surface area (Å²) >= 11 is 5.08. The number of methoxy groups -OCH3 is 1. The Morgan fingerprint density at radius 2 is 2.17 bits per heavy atom. The van der Waals surface area contributed by atoms with Crippen LogP contribution in [0.25, 0.3) is 0 Å². The lowest BCUT2D eigenvalue weighted by Gasteiger charge is -2.14. The van der Waals surface area contributed by atoms with Crippen LogP contribution in [0.1, 0.15) is 22.1 Å². The van der Waals surface area contributed by atoms with Gasteiger partial charge in [0.15, 0.2) is 0 Å². The van der Waals surface area contributed by atoms with Gasteiger partial charge in [0, 0.05) is 28.3 Å². The van der Waals surface area contributed by atoms with E-state index in [4.69, 9.17) is 4.74 Å². The van der Waals surface area contributed by atoms with E-state index < -0.39 is 6.10 Å². The van der Waals surface area contributed by atoms with Crippen molar-refractivity contribution >= 4 is 27.3 Å². The SMILES string of the molecule is COCc1ccccc1C(O)Cc1cc(Br)cs1. The Kier molecular flexibility index (Phi) is 4.95. The first-order valence-corrected chi connectivity index (χ1v) is 7.35. The van der Waals surface area contributed by atoms with Crippen LogP contribution in [-0.2, 0) is 17.8 Å². The maximum absolute atomic E-state index is 10.3. The maximum Gasteiger partial charge on any atom is 0.0841 e. The molecule has 2 aromatic rings. The third kappa shape index (κ3) is 3.42. The molecule has 96 valence electrons. The Morgan fingerprint density at radius 3 is 2.83 bits per heavy atom. The maximum atomic E-state index is 10.3. The van der Waals surface area contributed by atoms with E-state index in [2.05, 4.69) is 15.9 Å². The lowest BCUT2D eigenvalue weighted by Crippen LogP contribution is -2.05. The predicted molar refractivity (Wildman–Crippen MR) is 77.8 cm³/mol. The van der Waals surface area contributed by atoms with E-state index in [0.717, 1.165) is 15.6 Å². The average molecular weight is 327 g/mol. The molecule has 0 saturated carbocycles. The summed E-state index contributed by atoms with van der Waals surface area (Å²) in [5.74, 6) is 0. The second-order valence-corrected chi connectivity index (χ2v) is 5.99. The Morgan fingerprint density at radius 1 is 1.39 bits per heavy atom. The third-order valence-corrected chi connectivity index (χ3v) is 4.45. The Balaban J connectivity index is 2.15. The van der Waals surface area contributed by atoms with E-state index in [0.29, 0.717) is 13.0 Å². The molecule has 1 unspecified atom stereocenters. The van der Waals surface area contributed by atoms with Gasteiger partial charge in [0.05, 0.1) is 12.7 Å². The van der Waals surface area contributed by atoms with Gasteiger partial charge in [-0.2, -0.15) is 0 Å². The molecule has 0 aliphatic heterocycles. The van der Waals surface area contributed by atoms with Crippen LogP contribution in [0.5, 0.6) is 0 Å². The fourth-order valence-corrected chi connectivity index (χ4v) is 3.40. The van der Waals surface area contributed by atoms with Crippen LogP contribution in [0.2, 0.25) is 0 Å². The predicted octanol–water partition coefficient (Wildman–Crippen LogP) is 3.93. The van der Waals surface area contributed by atoms with E-state index in [1.54, 1.807) is 18.4 Å². The highest BCUT2D eigenvalue weighted by Crippen LogP contribution is 2.27. The molecule has 0 amide bonds. The van der Waals surface area contributed by atoms with Crippen LogP contribution in [-0.4, -0.2) is 12.2 Å². The van der Waals surface area contributed by atoms with Gasteiger partial charge in [-0.1, -0.05) is 24.3 Å². The molecule has 1 aromatic carbocycles. The number of halogens is 1. The Bertz CT molecular complexity index is 510. The molecule has 1 atom stereocenters. The van der Waals surface area contributed by atoms with Gasteiger partial charge in [-0.3, -0.25) is 0 Å². The zero-order chi connectivity index (χ0) is 13.0.